The lowest BCUT2D eigenvalue weighted by atomic mass is 9.74. The molecule has 0 bridgehead atoms. The number of carbonyl (C=O) groups is 6. The molecule has 2 aromatic rings. The van der Waals surface area contributed by atoms with Crippen molar-refractivity contribution >= 4 is 70.2 Å². The summed E-state index contributed by atoms with van der Waals surface area (Å²) < 4.78 is 10.6. The first-order valence-corrected chi connectivity index (χ1v) is 16.7. The molecule has 0 aromatic heterocycles. The quantitative estimate of drug-likeness (QED) is 0.235. The number of nitrogens with zero attached hydrogens (tertiary/aromatic N) is 2. The highest BCUT2D eigenvalue weighted by atomic mass is 32.1. The van der Waals surface area contributed by atoms with Gasteiger partial charge in [0, 0.05) is 14.1 Å². The molecular formula is C36H44N4O8S2. The van der Waals surface area contributed by atoms with Crippen LogP contribution in [0.5, 0.6) is 0 Å². The molecule has 12 nitrogen and oxygen atoms in total. The number of rotatable bonds is 8. The Balaban J connectivity index is 0.000000270. The van der Waals surface area contributed by atoms with Crippen molar-refractivity contribution in [1.82, 2.24) is 20.4 Å². The van der Waals surface area contributed by atoms with E-state index in [1.807, 2.05) is 41.5 Å². The van der Waals surface area contributed by atoms with E-state index in [4.69, 9.17) is 33.9 Å². The Morgan fingerprint density at radius 3 is 1.20 bits per heavy atom. The standard InChI is InChI=1S/2C18H22N2O4S/c2*1-17(2,3)11-24-13(21)10-18(12-8-6-5-7-9-12)14(22)19-16(25)20(4)15(18)23/h2*5-9H,10-11H2,1-4H3,(H,19,22,25). The number of esters is 2. The summed E-state index contributed by atoms with van der Waals surface area (Å²) in [5.41, 5.74) is -2.95. The average molecular weight is 725 g/mol. The largest absolute Gasteiger partial charge is 0.465 e. The van der Waals surface area contributed by atoms with Crippen molar-refractivity contribution in [2.45, 2.75) is 65.2 Å². The van der Waals surface area contributed by atoms with Crippen LogP contribution in [0.1, 0.15) is 65.5 Å². The van der Waals surface area contributed by atoms with Crippen LogP contribution in [0, 0.1) is 10.8 Å². The topological polar surface area (TPSA) is 151 Å². The minimum Gasteiger partial charge on any atom is -0.465 e. The number of hydrogen-bond donors (Lipinski definition) is 2. The highest BCUT2D eigenvalue weighted by Crippen LogP contribution is 2.35. The summed E-state index contributed by atoms with van der Waals surface area (Å²) in [7, 11) is 2.95. The van der Waals surface area contributed by atoms with Crippen LogP contribution in [0.25, 0.3) is 0 Å². The molecule has 2 saturated heterocycles. The predicted octanol–water partition coefficient (Wildman–Crippen LogP) is 3.55. The molecule has 2 heterocycles. The molecule has 2 N–H and O–H groups in total. The molecule has 2 aliphatic heterocycles. The second kappa shape index (κ2) is 15.5. The van der Waals surface area contributed by atoms with Gasteiger partial charge in [0.25, 0.3) is 0 Å². The Labute approximate surface area is 303 Å². The monoisotopic (exact) mass is 724 g/mol. The van der Waals surface area contributed by atoms with Crippen LogP contribution in [0.15, 0.2) is 60.7 Å². The molecule has 2 fully saturated rings. The van der Waals surface area contributed by atoms with E-state index in [2.05, 4.69) is 10.6 Å². The summed E-state index contributed by atoms with van der Waals surface area (Å²) in [6, 6.07) is 17.0. The van der Waals surface area contributed by atoms with Crippen LogP contribution in [-0.4, -0.2) is 82.9 Å². The minimum absolute atomic E-state index is 0.0182. The van der Waals surface area contributed by atoms with Crippen LogP contribution >= 0.6 is 24.4 Å². The van der Waals surface area contributed by atoms with E-state index in [1.54, 1.807) is 60.7 Å². The molecule has 50 heavy (non-hydrogen) atoms. The van der Waals surface area contributed by atoms with Crippen LogP contribution in [-0.2, 0) is 49.1 Å². The first kappa shape index (κ1) is 39.9. The third-order valence-electron chi connectivity index (χ3n) is 7.85. The van der Waals surface area contributed by atoms with Crippen molar-refractivity contribution in [2.75, 3.05) is 27.3 Å². The van der Waals surface area contributed by atoms with Crippen molar-refractivity contribution in [1.29, 1.82) is 0 Å². The maximum absolute atomic E-state index is 13.0. The Morgan fingerprint density at radius 1 is 0.620 bits per heavy atom. The Bertz CT molecular complexity index is 1550. The van der Waals surface area contributed by atoms with Gasteiger partial charge in [-0.3, -0.25) is 38.6 Å². The highest BCUT2D eigenvalue weighted by Gasteiger charge is 2.56. The second-order valence-corrected chi connectivity index (χ2v) is 15.4. The van der Waals surface area contributed by atoms with Crippen molar-refractivity contribution in [3.63, 3.8) is 0 Å². The molecule has 0 radical (unpaired) electrons. The number of hydrogen-bond acceptors (Lipinski definition) is 10. The molecule has 0 aliphatic carbocycles. The number of thiocarbonyl (C=S) groups is 2. The third-order valence-corrected chi connectivity index (χ3v) is 8.60. The Hall–Kier alpha value is -4.56. The molecule has 268 valence electrons. The highest BCUT2D eigenvalue weighted by molar-refractivity contribution is 7.80. The van der Waals surface area contributed by atoms with E-state index in [9.17, 15) is 28.8 Å². The molecule has 2 aromatic carbocycles. The van der Waals surface area contributed by atoms with Crippen molar-refractivity contribution in [2.24, 2.45) is 10.8 Å². The summed E-state index contributed by atoms with van der Waals surface area (Å²) in [5.74, 6) is -3.52. The number of benzene rings is 2. The van der Waals surface area contributed by atoms with Crippen LogP contribution in [0.4, 0.5) is 0 Å². The fourth-order valence-corrected chi connectivity index (χ4v) is 5.48. The summed E-state index contributed by atoms with van der Waals surface area (Å²) >= 11 is 10.0. The van der Waals surface area contributed by atoms with Gasteiger partial charge in [0.15, 0.2) is 21.1 Å². The maximum Gasteiger partial charge on any atom is 0.307 e. The summed E-state index contributed by atoms with van der Waals surface area (Å²) in [4.78, 5) is 78.7. The Kier molecular flexibility index (Phi) is 12.4. The lowest BCUT2D eigenvalue weighted by Gasteiger charge is -2.39. The van der Waals surface area contributed by atoms with Crippen LogP contribution < -0.4 is 10.6 Å². The molecule has 4 amide bonds. The first-order valence-electron chi connectivity index (χ1n) is 15.9. The van der Waals surface area contributed by atoms with Gasteiger partial charge in [-0.25, -0.2) is 0 Å². The van der Waals surface area contributed by atoms with Gasteiger partial charge in [0.2, 0.25) is 23.6 Å². The fourth-order valence-electron chi connectivity index (χ4n) is 5.13. The van der Waals surface area contributed by atoms with Gasteiger partial charge >= 0.3 is 11.9 Å². The van der Waals surface area contributed by atoms with E-state index in [1.165, 1.54) is 23.9 Å². The zero-order chi connectivity index (χ0) is 37.7. The van der Waals surface area contributed by atoms with E-state index in [0.29, 0.717) is 11.1 Å². The van der Waals surface area contributed by atoms with Gasteiger partial charge < -0.3 is 20.1 Å². The average Bonchev–Trinajstić information content (AvgIpc) is 3.05. The lowest BCUT2D eigenvalue weighted by molar-refractivity contribution is -0.155. The third kappa shape index (κ3) is 8.96. The fraction of sp³-hybridized carbons (Fsp3) is 0.444. The molecular weight excluding hydrogens is 681 g/mol. The van der Waals surface area contributed by atoms with Gasteiger partial charge in [-0.05, 0) is 46.4 Å². The number of likely N-dealkylation sites (N-methyl/N-ethyl adjacent to an activating group) is 2. The summed E-state index contributed by atoms with van der Waals surface area (Å²) in [6.45, 7) is 12.0. The van der Waals surface area contributed by atoms with Crippen LogP contribution in [0.3, 0.4) is 0 Å². The number of ether oxygens (including phenoxy) is 2. The van der Waals surface area contributed by atoms with Crippen molar-refractivity contribution < 1.29 is 38.2 Å². The molecule has 2 aliphatic rings. The lowest BCUT2D eigenvalue weighted by Crippen LogP contribution is -2.65. The van der Waals surface area contributed by atoms with Gasteiger partial charge in [-0.15, -0.1) is 0 Å². The predicted molar refractivity (Wildman–Crippen MR) is 193 cm³/mol. The molecule has 14 heteroatoms. The first-order chi connectivity index (χ1) is 23.2. The normalized spacial score (nSPS) is 21.1. The van der Waals surface area contributed by atoms with Gasteiger partial charge in [-0.2, -0.15) is 0 Å². The van der Waals surface area contributed by atoms with E-state index < -0.39 is 46.4 Å². The number of amides is 4. The summed E-state index contributed by atoms with van der Waals surface area (Å²) in [5, 5.41) is 5.07. The molecule has 4 rings (SSSR count). The van der Waals surface area contributed by atoms with Gasteiger partial charge in [0.05, 0.1) is 26.1 Å². The van der Waals surface area contributed by atoms with Crippen LogP contribution in [0.2, 0.25) is 0 Å². The molecule has 2 atom stereocenters. The molecule has 2 unspecified atom stereocenters. The zero-order valence-corrected chi connectivity index (χ0v) is 31.2. The van der Waals surface area contributed by atoms with E-state index in [0.717, 1.165) is 0 Å². The van der Waals surface area contributed by atoms with Crippen molar-refractivity contribution in [3.8, 4) is 0 Å². The van der Waals surface area contributed by atoms with Gasteiger partial charge in [0.1, 0.15) is 0 Å². The molecule has 0 saturated carbocycles. The summed E-state index contributed by atoms with van der Waals surface area (Å²) in [6.07, 6.45) is -0.768. The zero-order valence-electron chi connectivity index (χ0n) is 29.6. The SMILES string of the molecule is CN1C(=O)C(CC(=O)OCC(C)(C)C)(c2ccccc2)C(=O)NC1=S.CN1C(=O)C(CC(=O)OCC(C)(C)C)(c2ccccc2)C(=O)NC1=S. The smallest absolute Gasteiger partial charge is 0.307 e. The van der Waals surface area contributed by atoms with Gasteiger partial charge in [-0.1, -0.05) is 102 Å². The van der Waals surface area contributed by atoms with E-state index in [-0.39, 0.29) is 47.1 Å². The van der Waals surface area contributed by atoms with E-state index >= 15 is 0 Å². The second-order valence-electron chi connectivity index (χ2n) is 14.6. The maximum atomic E-state index is 13.0. The molecule has 0 spiro atoms. The number of carbonyl (C=O) groups excluding carboxylic acids is 6. The minimum atomic E-state index is -1.69. The number of nitrogens with one attached hydrogen (secondary N) is 2. The van der Waals surface area contributed by atoms with Crippen molar-refractivity contribution in [3.05, 3.63) is 71.8 Å². The Morgan fingerprint density at radius 2 is 0.920 bits per heavy atom.